The van der Waals surface area contributed by atoms with Crippen LogP contribution in [0.3, 0.4) is 0 Å². The Morgan fingerprint density at radius 1 is 1.20 bits per heavy atom. The lowest BCUT2D eigenvalue weighted by Crippen LogP contribution is -1.98. The summed E-state index contributed by atoms with van der Waals surface area (Å²) in [4.78, 5) is 10.4. The maximum absolute atomic E-state index is 13.0. The second-order valence-electron chi connectivity index (χ2n) is 4.02. The normalized spacial score (nSPS) is 10.2. The average Bonchev–Trinajstić information content (AvgIpc) is 2.41. The molecule has 104 valence electrons. The zero-order chi connectivity index (χ0) is 14.7. The zero-order valence-electron chi connectivity index (χ0n) is 10.5. The molecule has 0 aliphatic rings. The molecule has 0 aliphatic heterocycles. The quantitative estimate of drug-likeness (QED) is 0.471. The largest absolute Gasteiger partial charge is 0.388 e. The first-order valence-electron chi connectivity index (χ1n) is 5.69. The number of nitro groups is 1. The Morgan fingerprint density at radius 3 is 2.50 bits per heavy atom. The second kappa shape index (κ2) is 6.04. The van der Waals surface area contributed by atoms with Crippen molar-refractivity contribution in [2.75, 3.05) is 17.7 Å². The Labute approximate surface area is 128 Å². The number of benzene rings is 2. The number of hydrogen-bond acceptors (Lipinski definition) is 4. The second-order valence-corrected chi connectivity index (χ2v) is 5.19. The number of non-ortho nitro benzene ring substituents is 1. The highest BCUT2D eigenvalue weighted by atomic mass is 127. The van der Waals surface area contributed by atoms with Crippen LogP contribution in [0.2, 0.25) is 0 Å². The van der Waals surface area contributed by atoms with Crippen LogP contribution in [-0.4, -0.2) is 12.0 Å². The lowest BCUT2D eigenvalue weighted by atomic mass is 10.2. The molecule has 0 atom stereocenters. The first-order valence-corrected chi connectivity index (χ1v) is 6.77. The molecule has 2 N–H and O–H groups in total. The Balaban J connectivity index is 2.37. The van der Waals surface area contributed by atoms with Gasteiger partial charge in [0.15, 0.2) is 0 Å². The maximum atomic E-state index is 13.0. The molecule has 2 aromatic carbocycles. The molecule has 0 fully saturated rings. The maximum Gasteiger partial charge on any atom is 0.273 e. The summed E-state index contributed by atoms with van der Waals surface area (Å²) >= 11 is 2.00. The van der Waals surface area contributed by atoms with Gasteiger partial charge in [0.2, 0.25) is 0 Å². The third-order valence-electron chi connectivity index (χ3n) is 2.63. The van der Waals surface area contributed by atoms with Crippen molar-refractivity contribution in [2.45, 2.75) is 0 Å². The number of hydrogen-bond donors (Lipinski definition) is 2. The number of nitro benzene ring substituents is 1. The fraction of sp³-hybridized carbons (Fsp3) is 0.0769. The van der Waals surface area contributed by atoms with E-state index in [1.54, 1.807) is 19.2 Å². The van der Waals surface area contributed by atoms with E-state index in [0.29, 0.717) is 20.6 Å². The molecular formula is C13H11FIN3O2. The van der Waals surface area contributed by atoms with Crippen LogP contribution >= 0.6 is 22.6 Å². The summed E-state index contributed by atoms with van der Waals surface area (Å²) in [6, 6.07) is 8.93. The monoisotopic (exact) mass is 387 g/mol. The molecule has 0 saturated carbocycles. The predicted molar refractivity (Wildman–Crippen MR) is 85.0 cm³/mol. The first-order chi connectivity index (χ1) is 9.49. The lowest BCUT2D eigenvalue weighted by molar-refractivity contribution is -0.384. The van der Waals surface area contributed by atoms with E-state index in [9.17, 15) is 14.5 Å². The molecule has 0 aliphatic carbocycles. The lowest BCUT2D eigenvalue weighted by Gasteiger charge is -2.10. The van der Waals surface area contributed by atoms with Crippen molar-refractivity contribution in [3.05, 3.63) is 55.9 Å². The number of anilines is 3. The zero-order valence-corrected chi connectivity index (χ0v) is 12.6. The minimum Gasteiger partial charge on any atom is -0.388 e. The van der Waals surface area contributed by atoms with E-state index in [-0.39, 0.29) is 11.5 Å². The van der Waals surface area contributed by atoms with Crippen LogP contribution in [-0.2, 0) is 0 Å². The van der Waals surface area contributed by atoms with Gasteiger partial charge in [-0.25, -0.2) is 4.39 Å². The third kappa shape index (κ3) is 3.35. The molecule has 0 saturated heterocycles. The molecular weight excluding hydrogens is 376 g/mol. The summed E-state index contributed by atoms with van der Waals surface area (Å²) < 4.78 is 13.7. The van der Waals surface area contributed by atoms with E-state index in [1.807, 2.05) is 22.6 Å². The molecule has 2 aromatic rings. The van der Waals surface area contributed by atoms with Gasteiger partial charge in [-0.2, -0.15) is 0 Å². The number of rotatable bonds is 4. The van der Waals surface area contributed by atoms with E-state index in [4.69, 9.17) is 0 Å². The van der Waals surface area contributed by atoms with Crippen molar-refractivity contribution in [1.29, 1.82) is 0 Å². The molecule has 5 nitrogen and oxygen atoms in total. The fourth-order valence-electron chi connectivity index (χ4n) is 1.68. The molecule has 2 rings (SSSR count). The van der Waals surface area contributed by atoms with Gasteiger partial charge >= 0.3 is 0 Å². The Kier molecular flexibility index (Phi) is 4.38. The standard InChI is InChI=1S/C13H11FIN3O2/c1-16-9-5-10(7-11(6-9)18(19)20)17-13-3-2-8(14)4-12(13)15/h2-7,16-17H,1H3. The highest BCUT2D eigenvalue weighted by molar-refractivity contribution is 14.1. The number of nitrogens with zero attached hydrogens (tertiary/aromatic N) is 1. The summed E-state index contributed by atoms with van der Waals surface area (Å²) in [7, 11) is 1.69. The van der Waals surface area contributed by atoms with E-state index in [2.05, 4.69) is 10.6 Å². The molecule has 0 amide bonds. The third-order valence-corrected chi connectivity index (χ3v) is 3.52. The molecule has 20 heavy (non-hydrogen) atoms. The van der Waals surface area contributed by atoms with Gasteiger partial charge in [-0.3, -0.25) is 10.1 Å². The Morgan fingerprint density at radius 2 is 1.90 bits per heavy atom. The van der Waals surface area contributed by atoms with Gasteiger partial charge in [-0.05, 0) is 46.9 Å². The highest BCUT2D eigenvalue weighted by Crippen LogP contribution is 2.28. The smallest absolute Gasteiger partial charge is 0.273 e. The first kappa shape index (κ1) is 14.5. The summed E-state index contributed by atoms with van der Waals surface area (Å²) in [5.41, 5.74) is 1.86. The topological polar surface area (TPSA) is 67.2 Å². The van der Waals surface area contributed by atoms with Crippen LogP contribution in [0.5, 0.6) is 0 Å². The SMILES string of the molecule is CNc1cc(Nc2ccc(F)cc2I)cc([N+](=O)[O-])c1. The van der Waals surface area contributed by atoms with Crippen molar-refractivity contribution >= 4 is 45.3 Å². The molecule has 0 radical (unpaired) electrons. The van der Waals surface area contributed by atoms with Crippen LogP contribution in [0.4, 0.5) is 27.1 Å². The van der Waals surface area contributed by atoms with Crippen LogP contribution in [0.15, 0.2) is 36.4 Å². The summed E-state index contributed by atoms with van der Waals surface area (Å²) in [5, 5.41) is 16.8. The van der Waals surface area contributed by atoms with E-state index >= 15 is 0 Å². The van der Waals surface area contributed by atoms with Gasteiger partial charge in [0, 0.05) is 34.1 Å². The summed E-state index contributed by atoms with van der Waals surface area (Å²) in [6.07, 6.45) is 0. The van der Waals surface area contributed by atoms with Crippen molar-refractivity contribution in [1.82, 2.24) is 0 Å². The predicted octanol–water partition coefficient (Wildman–Crippen LogP) is 4.12. The van der Waals surface area contributed by atoms with Crippen molar-refractivity contribution in [2.24, 2.45) is 0 Å². The summed E-state index contributed by atoms with van der Waals surface area (Å²) in [6.45, 7) is 0. The number of halogens is 2. The van der Waals surface area contributed by atoms with Crippen LogP contribution in [0, 0.1) is 19.5 Å². The van der Waals surface area contributed by atoms with Crippen LogP contribution in [0.25, 0.3) is 0 Å². The molecule has 0 unspecified atom stereocenters. The number of nitrogens with one attached hydrogen (secondary N) is 2. The van der Waals surface area contributed by atoms with E-state index < -0.39 is 4.92 Å². The minimum atomic E-state index is -0.457. The van der Waals surface area contributed by atoms with Crippen LogP contribution in [0.1, 0.15) is 0 Å². The van der Waals surface area contributed by atoms with Gasteiger partial charge < -0.3 is 10.6 Å². The van der Waals surface area contributed by atoms with Crippen molar-refractivity contribution in [3.63, 3.8) is 0 Å². The average molecular weight is 387 g/mol. The van der Waals surface area contributed by atoms with Gasteiger partial charge in [0.1, 0.15) is 5.82 Å². The molecule has 0 bridgehead atoms. The van der Waals surface area contributed by atoms with Crippen molar-refractivity contribution < 1.29 is 9.31 Å². The molecule has 0 heterocycles. The molecule has 0 aromatic heterocycles. The van der Waals surface area contributed by atoms with Gasteiger partial charge in [0.25, 0.3) is 5.69 Å². The van der Waals surface area contributed by atoms with Crippen molar-refractivity contribution in [3.8, 4) is 0 Å². The fourth-order valence-corrected chi connectivity index (χ4v) is 2.29. The summed E-state index contributed by atoms with van der Waals surface area (Å²) in [5.74, 6) is -0.324. The van der Waals surface area contributed by atoms with Gasteiger partial charge in [0.05, 0.1) is 10.6 Å². The van der Waals surface area contributed by atoms with Gasteiger partial charge in [-0.15, -0.1) is 0 Å². The van der Waals surface area contributed by atoms with Gasteiger partial charge in [-0.1, -0.05) is 0 Å². The highest BCUT2D eigenvalue weighted by Gasteiger charge is 2.10. The van der Waals surface area contributed by atoms with Crippen LogP contribution < -0.4 is 10.6 Å². The molecule has 0 spiro atoms. The van der Waals surface area contributed by atoms with E-state index in [1.165, 1.54) is 24.3 Å². The minimum absolute atomic E-state index is 0.0172. The van der Waals surface area contributed by atoms with E-state index in [0.717, 1.165) is 0 Å². The Hall–Kier alpha value is -1.90. The Bertz CT molecular complexity index is 664. The molecule has 7 heteroatoms.